The van der Waals surface area contributed by atoms with Crippen molar-refractivity contribution in [3.05, 3.63) is 51.5 Å². The number of hydrogen-bond acceptors (Lipinski definition) is 3. The molecule has 1 aromatic heterocycles. The van der Waals surface area contributed by atoms with Crippen LogP contribution < -0.4 is 5.32 Å². The van der Waals surface area contributed by atoms with Crippen molar-refractivity contribution in [2.45, 2.75) is 33.2 Å². The topological polar surface area (TPSA) is 40.5 Å². The standard InChI is InChI=1S/C18H26N4S/c1-5-15-6-8-16(9-7-15)10-11-20-18(19-3)22(4)12-17-13-23-14(2)21-17/h6-9,13H,5,10-12H2,1-4H3,(H,19,20). The first kappa shape index (κ1) is 17.5. The van der Waals surface area contributed by atoms with Gasteiger partial charge in [0, 0.05) is 26.0 Å². The second-order valence-corrected chi connectivity index (χ2v) is 6.67. The number of aliphatic imine (C=N–C) groups is 1. The molecule has 0 aliphatic carbocycles. The van der Waals surface area contributed by atoms with Crippen molar-refractivity contribution in [3.8, 4) is 0 Å². The summed E-state index contributed by atoms with van der Waals surface area (Å²) in [5.41, 5.74) is 3.83. The molecule has 0 atom stereocenters. The van der Waals surface area contributed by atoms with Gasteiger partial charge in [-0.3, -0.25) is 4.99 Å². The van der Waals surface area contributed by atoms with Crippen LogP contribution in [0.15, 0.2) is 34.6 Å². The zero-order chi connectivity index (χ0) is 16.7. The zero-order valence-corrected chi connectivity index (χ0v) is 15.3. The lowest BCUT2D eigenvalue weighted by atomic mass is 10.1. The summed E-state index contributed by atoms with van der Waals surface area (Å²) in [5.74, 6) is 0.904. The molecule has 0 radical (unpaired) electrons. The highest BCUT2D eigenvalue weighted by Gasteiger charge is 2.08. The van der Waals surface area contributed by atoms with E-state index in [0.29, 0.717) is 0 Å². The molecule has 0 aliphatic heterocycles. The monoisotopic (exact) mass is 330 g/mol. The van der Waals surface area contributed by atoms with Gasteiger partial charge in [0.05, 0.1) is 17.2 Å². The number of hydrogen-bond donors (Lipinski definition) is 1. The Kier molecular flexibility index (Phi) is 6.59. The van der Waals surface area contributed by atoms with Crippen molar-refractivity contribution < 1.29 is 0 Å². The van der Waals surface area contributed by atoms with Gasteiger partial charge in [0.1, 0.15) is 0 Å². The summed E-state index contributed by atoms with van der Waals surface area (Å²) in [6, 6.07) is 8.85. The summed E-state index contributed by atoms with van der Waals surface area (Å²) in [6.45, 7) is 5.86. The molecule has 5 heteroatoms. The number of thiazole rings is 1. The highest BCUT2D eigenvalue weighted by atomic mass is 32.1. The van der Waals surface area contributed by atoms with Gasteiger partial charge in [-0.25, -0.2) is 4.98 Å². The van der Waals surface area contributed by atoms with E-state index in [4.69, 9.17) is 0 Å². The Morgan fingerprint density at radius 3 is 2.52 bits per heavy atom. The maximum atomic E-state index is 4.51. The summed E-state index contributed by atoms with van der Waals surface area (Å²) >= 11 is 1.69. The average Bonchev–Trinajstić information content (AvgIpc) is 2.97. The molecular formula is C18H26N4S. The first-order valence-corrected chi connectivity index (χ1v) is 8.91. The number of aromatic nitrogens is 1. The van der Waals surface area contributed by atoms with Gasteiger partial charge >= 0.3 is 0 Å². The van der Waals surface area contributed by atoms with Gasteiger partial charge in [0.2, 0.25) is 0 Å². The molecule has 1 aromatic carbocycles. The Balaban J connectivity index is 1.81. The first-order valence-electron chi connectivity index (χ1n) is 8.03. The van der Waals surface area contributed by atoms with Crippen LogP contribution in [0.3, 0.4) is 0 Å². The van der Waals surface area contributed by atoms with E-state index in [-0.39, 0.29) is 0 Å². The SMILES string of the molecule is CCc1ccc(CCNC(=NC)N(C)Cc2csc(C)n2)cc1. The fourth-order valence-corrected chi connectivity index (χ4v) is 3.05. The van der Waals surface area contributed by atoms with Crippen LogP contribution in [0.25, 0.3) is 0 Å². The molecule has 0 aliphatic rings. The lowest BCUT2D eigenvalue weighted by Gasteiger charge is -2.21. The number of benzene rings is 1. The van der Waals surface area contributed by atoms with Gasteiger partial charge in [0.15, 0.2) is 5.96 Å². The predicted octanol–water partition coefficient (Wildman–Crippen LogP) is 3.26. The minimum atomic E-state index is 0.773. The molecule has 124 valence electrons. The van der Waals surface area contributed by atoms with E-state index < -0.39 is 0 Å². The normalized spacial score (nSPS) is 11.6. The molecule has 0 saturated heterocycles. The molecule has 2 rings (SSSR count). The van der Waals surface area contributed by atoms with Crippen LogP contribution in [0, 0.1) is 6.92 Å². The molecule has 0 bridgehead atoms. The molecule has 0 amide bonds. The maximum Gasteiger partial charge on any atom is 0.193 e. The number of guanidine groups is 1. The fraction of sp³-hybridized carbons (Fsp3) is 0.444. The molecule has 0 saturated carbocycles. The van der Waals surface area contributed by atoms with Gasteiger partial charge in [-0.1, -0.05) is 31.2 Å². The Morgan fingerprint density at radius 1 is 1.26 bits per heavy atom. The zero-order valence-electron chi connectivity index (χ0n) is 14.5. The lowest BCUT2D eigenvalue weighted by molar-refractivity contribution is 0.471. The summed E-state index contributed by atoms with van der Waals surface area (Å²) in [6.07, 6.45) is 2.08. The Morgan fingerprint density at radius 2 is 1.96 bits per heavy atom. The van der Waals surface area contributed by atoms with Crippen molar-refractivity contribution in [1.82, 2.24) is 15.2 Å². The van der Waals surface area contributed by atoms with E-state index in [1.165, 1.54) is 11.1 Å². The number of rotatable bonds is 6. The van der Waals surface area contributed by atoms with Crippen LogP contribution in [-0.2, 0) is 19.4 Å². The molecule has 0 spiro atoms. The van der Waals surface area contributed by atoms with E-state index in [0.717, 1.165) is 42.6 Å². The van der Waals surface area contributed by atoms with Crippen LogP contribution in [-0.4, -0.2) is 36.5 Å². The van der Waals surface area contributed by atoms with Crippen molar-refractivity contribution in [2.75, 3.05) is 20.6 Å². The number of nitrogens with one attached hydrogen (secondary N) is 1. The van der Waals surface area contributed by atoms with Crippen LogP contribution >= 0.6 is 11.3 Å². The third-order valence-corrected chi connectivity index (χ3v) is 4.59. The van der Waals surface area contributed by atoms with Gasteiger partial charge < -0.3 is 10.2 Å². The Labute approximate surface area is 143 Å². The van der Waals surface area contributed by atoms with E-state index in [1.54, 1.807) is 11.3 Å². The first-order chi connectivity index (χ1) is 11.1. The molecule has 1 heterocycles. The van der Waals surface area contributed by atoms with Gasteiger partial charge in [-0.15, -0.1) is 11.3 Å². The molecule has 0 unspecified atom stereocenters. The third kappa shape index (κ3) is 5.36. The molecule has 0 fully saturated rings. The minimum Gasteiger partial charge on any atom is -0.356 e. The van der Waals surface area contributed by atoms with Crippen molar-refractivity contribution in [2.24, 2.45) is 4.99 Å². The predicted molar refractivity (Wildman–Crippen MR) is 99.2 cm³/mol. The van der Waals surface area contributed by atoms with Crippen LogP contribution in [0.5, 0.6) is 0 Å². The van der Waals surface area contributed by atoms with Gasteiger partial charge in [0.25, 0.3) is 0 Å². The van der Waals surface area contributed by atoms with Gasteiger partial charge in [-0.05, 0) is 30.9 Å². The maximum absolute atomic E-state index is 4.51. The third-order valence-electron chi connectivity index (χ3n) is 3.77. The number of nitrogens with zero attached hydrogens (tertiary/aromatic N) is 3. The summed E-state index contributed by atoms with van der Waals surface area (Å²) in [5, 5.41) is 6.63. The summed E-state index contributed by atoms with van der Waals surface area (Å²) < 4.78 is 0. The molecule has 2 aromatic rings. The van der Waals surface area contributed by atoms with Crippen LogP contribution in [0.1, 0.15) is 28.8 Å². The Bertz CT molecular complexity index is 631. The quantitative estimate of drug-likeness (QED) is 0.653. The molecule has 1 N–H and O–H groups in total. The highest BCUT2D eigenvalue weighted by molar-refractivity contribution is 7.09. The average molecular weight is 331 g/mol. The van der Waals surface area contributed by atoms with Gasteiger partial charge in [-0.2, -0.15) is 0 Å². The minimum absolute atomic E-state index is 0.773. The second kappa shape index (κ2) is 8.67. The molecule has 4 nitrogen and oxygen atoms in total. The smallest absolute Gasteiger partial charge is 0.193 e. The lowest BCUT2D eigenvalue weighted by Crippen LogP contribution is -2.39. The fourth-order valence-electron chi connectivity index (χ4n) is 2.44. The van der Waals surface area contributed by atoms with E-state index in [1.807, 2.05) is 21.0 Å². The largest absolute Gasteiger partial charge is 0.356 e. The molecular weight excluding hydrogens is 304 g/mol. The van der Waals surface area contributed by atoms with Crippen molar-refractivity contribution in [3.63, 3.8) is 0 Å². The highest BCUT2D eigenvalue weighted by Crippen LogP contribution is 2.10. The summed E-state index contributed by atoms with van der Waals surface area (Å²) in [4.78, 5) is 11.0. The second-order valence-electron chi connectivity index (χ2n) is 5.61. The van der Waals surface area contributed by atoms with Crippen LogP contribution in [0.4, 0.5) is 0 Å². The molecule has 23 heavy (non-hydrogen) atoms. The van der Waals surface area contributed by atoms with Crippen molar-refractivity contribution >= 4 is 17.3 Å². The van der Waals surface area contributed by atoms with Crippen LogP contribution in [0.2, 0.25) is 0 Å². The Hall–Kier alpha value is -1.88. The van der Waals surface area contributed by atoms with E-state index in [9.17, 15) is 0 Å². The number of aryl methyl sites for hydroxylation is 2. The summed E-state index contributed by atoms with van der Waals surface area (Å²) in [7, 11) is 3.86. The van der Waals surface area contributed by atoms with E-state index >= 15 is 0 Å². The van der Waals surface area contributed by atoms with E-state index in [2.05, 4.69) is 56.8 Å². The van der Waals surface area contributed by atoms with Crippen molar-refractivity contribution in [1.29, 1.82) is 0 Å².